The van der Waals surface area contributed by atoms with Gasteiger partial charge in [-0.3, -0.25) is 15.1 Å². The summed E-state index contributed by atoms with van der Waals surface area (Å²) in [4.78, 5) is 27.2. The molecule has 1 N–H and O–H groups in total. The highest BCUT2D eigenvalue weighted by atomic mass is 32.1. The van der Waals surface area contributed by atoms with E-state index in [2.05, 4.69) is 25.3 Å². The third-order valence-corrected chi connectivity index (χ3v) is 4.57. The fourth-order valence-electron chi connectivity index (χ4n) is 2.40. The maximum atomic E-state index is 11.6. The Kier molecular flexibility index (Phi) is 4.64. The van der Waals surface area contributed by atoms with Crippen molar-refractivity contribution < 1.29 is 14.4 Å². The highest BCUT2D eigenvalue weighted by Crippen LogP contribution is 2.37. The van der Waals surface area contributed by atoms with Crippen molar-refractivity contribution >= 4 is 38.2 Å². The number of benzene rings is 1. The number of aromatic nitrogens is 4. The molecule has 3 aromatic heterocycles. The molecule has 0 unspecified atom stereocenters. The molecular formula is C17H12N6O4S. The van der Waals surface area contributed by atoms with Gasteiger partial charge in [0.25, 0.3) is 0 Å². The summed E-state index contributed by atoms with van der Waals surface area (Å²) in [6, 6.07) is 8.70. The molecule has 0 aliphatic rings. The normalized spacial score (nSPS) is 10.6. The van der Waals surface area contributed by atoms with Crippen LogP contribution >= 0.6 is 11.3 Å². The van der Waals surface area contributed by atoms with Gasteiger partial charge in [0.2, 0.25) is 5.82 Å². The minimum Gasteiger partial charge on any atom is -0.497 e. The van der Waals surface area contributed by atoms with Crippen LogP contribution in [-0.2, 0) is 0 Å². The highest BCUT2D eigenvalue weighted by molar-refractivity contribution is 7.22. The van der Waals surface area contributed by atoms with E-state index in [1.165, 1.54) is 23.9 Å². The number of anilines is 2. The van der Waals surface area contributed by atoms with Crippen LogP contribution in [0.15, 0.2) is 49.1 Å². The molecule has 0 aliphatic heterocycles. The molecule has 0 radical (unpaired) electrons. The number of fused-ring (bicyclic) bond motifs is 1. The van der Waals surface area contributed by atoms with E-state index in [-0.39, 0.29) is 11.7 Å². The Bertz CT molecular complexity index is 1150. The monoisotopic (exact) mass is 396 g/mol. The second kappa shape index (κ2) is 7.40. The second-order valence-electron chi connectivity index (χ2n) is 5.40. The van der Waals surface area contributed by atoms with Crippen LogP contribution in [0, 0.1) is 10.1 Å². The summed E-state index contributed by atoms with van der Waals surface area (Å²) in [6.07, 6.45) is 4.17. The molecule has 0 spiro atoms. The van der Waals surface area contributed by atoms with Crippen molar-refractivity contribution in [3.05, 3.63) is 59.2 Å². The van der Waals surface area contributed by atoms with E-state index < -0.39 is 10.6 Å². The molecule has 0 saturated heterocycles. The van der Waals surface area contributed by atoms with Crippen LogP contribution in [0.25, 0.3) is 10.2 Å². The van der Waals surface area contributed by atoms with Gasteiger partial charge in [-0.05, 0) is 30.3 Å². The molecule has 4 aromatic rings. The number of methoxy groups -OCH3 is 1. The minimum atomic E-state index is -0.607. The summed E-state index contributed by atoms with van der Waals surface area (Å²) in [5.41, 5.74) is 0.333. The number of nitrogens with zero attached hydrogens (tertiary/aromatic N) is 5. The lowest BCUT2D eigenvalue weighted by atomic mass is 10.3. The summed E-state index contributed by atoms with van der Waals surface area (Å²) in [7, 11) is 1.58. The molecule has 1 aromatic carbocycles. The van der Waals surface area contributed by atoms with Gasteiger partial charge in [-0.25, -0.2) is 9.97 Å². The predicted octanol–water partition coefficient (Wildman–Crippen LogP) is 3.93. The van der Waals surface area contributed by atoms with E-state index in [0.29, 0.717) is 16.6 Å². The molecule has 0 bridgehead atoms. The zero-order valence-electron chi connectivity index (χ0n) is 14.4. The SMILES string of the molecule is COc1ccc2nc(Nc3ncnc(Oc4cccnc4)c3[N+](=O)[O-])sc2c1. The fourth-order valence-corrected chi connectivity index (χ4v) is 3.29. The lowest BCUT2D eigenvalue weighted by Crippen LogP contribution is -2.03. The van der Waals surface area contributed by atoms with Crippen LogP contribution in [0.5, 0.6) is 17.4 Å². The third kappa shape index (κ3) is 3.50. The first-order valence-corrected chi connectivity index (χ1v) is 8.74. The van der Waals surface area contributed by atoms with E-state index in [4.69, 9.17) is 9.47 Å². The number of nitro groups is 1. The summed E-state index contributed by atoms with van der Waals surface area (Å²) < 4.78 is 11.6. The van der Waals surface area contributed by atoms with E-state index >= 15 is 0 Å². The third-order valence-electron chi connectivity index (χ3n) is 3.64. The number of rotatable bonds is 6. The fraction of sp³-hybridized carbons (Fsp3) is 0.0588. The number of nitrogens with one attached hydrogen (secondary N) is 1. The van der Waals surface area contributed by atoms with Gasteiger partial charge in [-0.2, -0.15) is 4.98 Å². The lowest BCUT2D eigenvalue weighted by Gasteiger charge is -2.07. The number of pyridine rings is 1. The summed E-state index contributed by atoms with van der Waals surface area (Å²) in [5, 5.41) is 15.0. The summed E-state index contributed by atoms with van der Waals surface area (Å²) in [6.45, 7) is 0. The molecule has 0 amide bonds. The topological polar surface area (TPSA) is 125 Å². The number of thiazole rings is 1. The van der Waals surface area contributed by atoms with Gasteiger partial charge in [0.1, 0.15) is 17.8 Å². The van der Waals surface area contributed by atoms with Crippen molar-refractivity contribution in [1.82, 2.24) is 19.9 Å². The van der Waals surface area contributed by atoms with Crippen molar-refractivity contribution in [2.24, 2.45) is 0 Å². The molecule has 11 heteroatoms. The van der Waals surface area contributed by atoms with Crippen molar-refractivity contribution in [3.63, 3.8) is 0 Å². The number of hydrogen-bond acceptors (Lipinski definition) is 10. The van der Waals surface area contributed by atoms with Crippen LogP contribution in [0.2, 0.25) is 0 Å². The summed E-state index contributed by atoms with van der Waals surface area (Å²) in [5.74, 6) is 0.799. The van der Waals surface area contributed by atoms with E-state index in [1.807, 2.05) is 6.07 Å². The Hall–Kier alpha value is -3.86. The molecule has 10 nitrogen and oxygen atoms in total. The Balaban J connectivity index is 1.69. The Morgan fingerprint density at radius 1 is 1.21 bits per heavy atom. The molecule has 0 atom stereocenters. The average Bonchev–Trinajstić information content (AvgIpc) is 3.10. The van der Waals surface area contributed by atoms with Crippen LogP contribution in [0.1, 0.15) is 0 Å². The first kappa shape index (κ1) is 17.5. The van der Waals surface area contributed by atoms with Crippen molar-refractivity contribution in [1.29, 1.82) is 0 Å². The molecule has 0 saturated carbocycles. The van der Waals surface area contributed by atoms with Gasteiger partial charge >= 0.3 is 11.6 Å². The molecule has 0 aliphatic carbocycles. The Morgan fingerprint density at radius 3 is 2.86 bits per heavy atom. The van der Waals surface area contributed by atoms with Crippen molar-refractivity contribution in [3.8, 4) is 17.4 Å². The molecular weight excluding hydrogens is 384 g/mol. The maximum Gasteiger partial charge on any atom is 0.373 e. The first-order valence-electron chi connectivity index (χ1n) is 7.93. The average molecular weight is 396 g/mol. The summed E-state index contributed by atoms with van der Waals surface area (Å²) >= 11 is 1.32. The maximum absolute atomic E-state index is 11.6. The number of ether oxygens (including phenoxy) is 2. The first-order chi connectivity index (χ1) is 13.6. The Morgan fingerprint density at radius 2 is 2.11 bits per heavy atom. The van der Waals surface area contributed by atoms with Gasteiger partial charge in [0.15, 0.2) is 5.13 Å². The molecule has 140 valence electrons. The highest BCUT2D eigenvalue weighted by Gasteiger charge is 2.26. The van der Waals surface area contributed by atoms with Gasteiger partial charge in [-0.1, -0.05) is 11.3 Å². The van der Waals surface area contributed by atoms with Crippen molar-refractivity contribution in [2.45, 2.75) is 0 Å². The van der Waals surface area contributed by atoms with E-state index in [0.717, 1.165) is 10.2 Å². The molecule has 4 rings (SSSR count). The largest absolute Gasteiger partial charge is 0.497 e. The van der Waals surface area contributed by atoms with Gasteiger partial charge in [0.05, 0.1) is 28.4 Å². The van der Waals surface area contributed by atoms with Crippen molar-refractivity contribution in [2.75, 3.05) is 12.4 Å². The zero-order valence-corrected chi connectivity index (χ0v) is 15.2. The van der Waals surface area contributed by atoms with Crippen LogP contribution < -0.4 is 14.8 Å². The van der Waals surface area contributed by atoms with Crippen LogP contribution in [-0.4, -0.2) is 32.0 Å². The molecule has 28 heavy (non-hydrogen) atoms. The van der Waals surface area contributed by atoms with Crippen LogP contribution in [0.3, 0.4) is 0 Å². The molecule has 3 heterocycles. The zero-order chi connectivity index (χ0) is 19.5. The minimum absolute atomic E-state index is 0.0232. The number of hydrogen-bond donors (Lipinski definition) is 1. The van der Waals surface area contributed by atoms with Gasteiger partial charge in [0, 0.05) is 6.20 Å². The Labute approximate surface area is 162 Å². The predicted molar refractivity (Wildman–Crippen MR) is 102 cm³/mol. The van der Waals surface area contributed by atoms with Crippen LogP contribution in [0.4, 0.5) is 16.6 Å². The van der Waals surface area contributed by atoms with Gasteiger partial charge < -0.3 is 14.8 Å². The molecule has 0 fully saturated rings. The lowest BCUT2D eigenvalue weighted by molar-refractivity contribution is -0.385. The van der Waals surface area contributed by atoms with E-state index in [9.17, 15) is 10.1 Å². The quantitative estimate of drug-likeness (QED) is 0.381. The smallest absolute Gasteiger partial charge is 0.373 e. The second-order valence-corrected chi connectivity index (χ2v) is 6.43. The standard InChI is InChI=1S/C17H12N6O4S/c1-26-10-4-5-12-13(7-10)28-17(21-12)22-15-14(23(24)25)16(20-9-19-15)27-11-3-2-6-18-8-11/h2-9H,1H3,(H,19,20,21,22). The van der Waals surface area contributed by atoms with Gasteiger partial charge in [-0.15, -0.1) is 0 Å². The van der Waals surface area contributed by atoms with E-state index in [1.54, 1.807) is 37.6 Å².